The van der Waals surface area contributed by atoms with Gasteiger partial charge in [0.05, 0.1) is 17.7 Å². The highest BCUT2D eigenvalue weighted by Crippen LogP contribution is 2.15. The minimum atomic E-state index is 0.0982. The molecule has 0 bridgehead atoms. The van der Waals surface area contributed by atoms with E-state index in [2.05, 4.69) is 40.8 Å². The highest BCUT2D eigenvalue weighted by molar-refractivity contribution is 5.79. The van der Waals surface area contributed by atoms with Crippen LogP contribution in [0, 0.1) is 11.3 Å². The largest absolute Gasteiger partial charge is 0.374 e. The van der Waals surface area contributed by atoms with Gasteiger partial charge in [-0.3, -0.25) is 4.99 Å². The highest BCUT2D eigenvalue weighted by atomic mass is 16.5. The second kappa shape index (κ2) is 10.9. The number of guanidine groups is 1. The lowest BCUT2D eigenvalue weighted by Crippen LogP contribution is -2.37. The molecule has 2 aromatic carbocycles. The molecule has 2 N–H and O–H groups in total. The minimum absolute atomic E-state index is 0.0982. The number of rotatable bonds is 8. The van der Waals surface area contributed by atoms with Crippen LogP contribution in [0.3, 0.4) is 0 Å². The Hall–Kier alpha value is -2.84. The van der Waals surface area contributed by atoms with Crippen LogP contribution in [-0.4, -0.2) is 26.2 Å². The van der Waals surface area contributed by atoms with E-state index in [-0.39, 0.29) is 6.10 Å². The molecular formula is C21H26N4O. The van der Waals surface area contributed by atoms with Gasteiger partial charge in [-0.25, -0.2) is 0 Å². The Morgan fingerprint density at radius 3 is 2.69 bits per heavy atom. The summed E-state index contributed by atoms with van der Waals surface area (Å²) in [4.78, 5) is 4.21. The average Bonchev–Trinajstić information content (AvgIpc) is 2.70. The van der Waals surface area contributed by atoms with Crippen LogP contribution in [0.15, 0.2) is 59.6 Å². The van der Waals surface area contributed by atoms with Gasteiger partial charge in [0.25, 0.3) is 0 Å². The zero-order valence-electron chi connectivity index (χ0n) is 15.4. The standard InChI is InChI=1S/C21H26N4O/c1-17(20-10-4-3-5-11-20)26-13-7-12-24-21(23-2)25-16-19-9-6-8-18(14-19)15-22/h3-6,8-11,14,17H,7,12-13,16H2,1-2H3,(H2,23,24,25). The maximum Gasteiger partial charge on any atom is 0.191 e. The summed E-state index contributed by atoms with van der Waals surface area (Å²) in [5.74, 6) is 0.739. The van der Waals surface area contributed by atoms with Crippen LogP contribution >= 0.6 is 0 Å². The average molecular weight is 350 g/mol. The molecule has 2 rings (SSSR count). The lowest BCUT2D eigenvalue weighted by Gasteiger charge is -2.15. The molecule has 0 heterocycles. The lowest BCUT2D eigenvalue weighted by atomic mass is 10.1. The van der Waals surface area contributed by atoms with Crippen LogP contribution in [-0.2, 0) is 11.3 Å². The molecule has 0 aliphatic heterocycles. The third kappa shape index (κ3) is 6.58. The maximum atomic E-state index is 8.95. The summed E-state index contributed by atoms with van der Waals surface area (Å²) in [6.45, 7) is 4.15. The number of benzene rings is 2. The van der Waals surface area contributed by atoms with Gasteiger partial charge in [0.2, 0.25) is 0 Å². The Labute approximate surface area is 155 Å². The van der Waals surface area contributed by atoms with Crippen molar-refractivity contribution in [2.75, 3.05) is 20.2 Å². The normalized spacial score (nSPS) is 12.3. The quantitative estimate of drug-likeness (QED) is 0.435. The first-order valence-electron chi connectivity index (χ1n) is 8.83. The summed E-state index contributed by atoms with van der Waals surface area (Å²) in [5.41, 5.74) is 2.90. The molecule has 5 nitrogen and oxygen atoms in total. The second-order valence-electron chi connectivity index (χ2n) is 5.94. The highest BCUT2D eigenvalue weighted by Gasteiger charge is 2.04. The van der Waals surface area contributed by atoms with Gasteiger partial charge in [0.15, 0.2) is 5.96 Å². The molecule has 26 heavy (non-hydrogen) atoms. The van der Waals surface area contributed by atoms with Crippen molar-refractivity contribution in [2.45, 2.75) is 26.0 Å². The van der Waals surface area contributed by atoms with Gasteiger partial charge in [0.1, 0.15) is 0 Å². The molecule has 0 saturated heterocycles. The third-order valence-electron chi connectivity index (χ3n) is 3.99. The van der Waals surface area contributed by atoms with E-state index in [0.29, 0.717) is 18.7 Å². The minimum Gasteiger partial charge on any atom is -0.374 e. The topological polar surface area (TPSA) is 69.4 Å². The van der Waals surface area contributed by atoms with Crippen molar-refractivity contribution in [3.8, 4) is 6.07 Å². The Kier molecular flexibility index (Phi) is 8.17. The zero-order valence-corrected chi connectivity index (χ0v) is 15.4. The van der Waals surface area contributed by atoms with E-state index in [1.54, 1.807) is 13.1 Å². The Balaban J connectivity index is 1.65. The molecule has 1 atom stereocenters. The van der Waals surface area contributed by atoms with E-state index in [1.807, 2.05) is 36.4 Å². The van der Waals surface area contributed by atoms with E-state index in [0.717, 1.165) is 24.5 Å². The number of aliphatic imine (C=N–C) groups is 1. The molecule has 0 aromatic heterocycles. The molecule has 136 valence electrons. The fourth-order valence-corrected chi connectivity index (χ4v) is 2.52. The van der Waals surface area contributed by atoms with Crippen molar-refractivity contribution in [2.24, 2.45) is 4.99 Å². The first kappa shape index (κ1) is 19.5. The van der Waals surface area contributed by atoms with E-state index in [9.17, 15) is 0 Å². The van der Waals surface area contributed by atoms with Crippen molar-refractivity contribution in [1.29, 1.82) is 5.26 Å². The monoisotopic (exact) mass is 350 g/mol. The first-order chi connectivity index (χ1) is 12.7. The van der Waals surface area contributed by atoms with Gasteiger partial charge >= 0.3 is 0 Å². The molecular weight excluding hydrogens is 324 g/mol. The molecule has 1 unspecified atom stereocenters. The van der Waals surface area contributed by atoms with Crippen LogP contribution in [0.4, 0.5) is 0 Å². The lowest BCUT2D eigenvalue weighted by molar-refractivity contribution is 0.0646. The third-order valence-corrected chi connectivity index (χ3v) is 3.99. The molecule has 0 aliphatic rings. The molecule has 0 saturated carbocycles. The molecule has 5 heteroatoms. The van der Waals surface area contributed by atoms with Crippen molar-refractivity contribution in [3.05, 3.63) is 71.3 Å². The van der Waals surface area contributed by atoms with Gasteiger partial charge in [-0.1, -0.05) is 42.5 Å². The van der Waals surface area contributed by atoms with E-state index in [1.165, 1.54) is 5.56 Å². The van der Waals surface area contributed by atoms with E-state index in [4.69, 9.17) is 10.00 Å². The number of hydrogen-bond acceptors (Lipinski definition) is 3. The summed E-state index contributed by atoms with van der Waals surface area (Å²) in [7, 11) is 1.75. The number of nitriles is 1. The van der Waals surface area contributed by atoms with Crippen LogP contribution < -0.4 is 10.6 Å². The molecule has 0 spiro atoms. The molecule has 0 radical (unpaired) electrons. The summed E-state index contributed by atoms with van der Waals surface area (Å²) < 4.78 is 5.87. The molecule has 0 amide bonds. The Morgan fingerprint density at radius 1 is 1.15 bits per heavy atom. The van der Waals surface area contributed by atoms with E-state index >= 15 is 0 Å². The van der Waals surface area contributed by atoms with Gasteiger partial charge in [-0.05, 0) is 36.6 Å². The van der Waals surface area contributed by atoms with Crippen LogP contribution in [0.5, 0.6) is 0 Å². The number of nitrogens with one attached hydrogen (secondary N) is 2. The Morgan fingerprint density at radius 2 is 1.96 bits per heavy atom. The van der Waals surface area contributed by atoms with Gasteiger partial charge in [-0.15, -0.1) is 0 Å². The fraction of sp³-hybridized carbons (Fsp3) is 0.333. The fourth-order valence-electron chi connectivity index (χ4n) is 2.52. The summed E-state index contributed by atoms with van der Waals surface area (Å²) >= 11 is 0. The van der Waals surface area contributed by atoms with Crippen molar-refractivity contribution >= 4 is 5.96 Å². The SMILES string of the molecule is CN=C(NCCCOC(C)c1ccccc1)NCc1cccc(C#N)c1. The van der Waals surface area contributed by atoms with Crippen LogP contribution in [0.25, 0.3) is 0 Å². The molecule has 2 aromatic rings. The van der Waals surface area contributed by atoms with Crippen LogP contribution in [0.2, 0.25) is 0 Å². The van der Waals surface area contributed by atoms with E-state index < -0.39 is 0 Å². The van der Waals surface area contributed by atoms with Crippen molar-refractivity contribution in [3.63, 3.8) is 0 Å². The molecule has 0 aliphatic carbocycles. The maximum absolute atomic E-state index is 8.95. The van der Waals surface area contributed by atoms with Gasteiger partial charge < -0.3 is 15.4 Å². The van der Waals surface area contributed by atoms with Gasteiger partial charge in [-0.2, -0.15) is 5.26 Å². The predicted molar refractivity (Wildman–Crippen MR) is 105 cm³/mol. The number of nitrogens with zero attached hydrogens (tertiary/aromatic N) is 2. The summed E-state index contributed by atoms with van der Waals surface area (Å²) in [6, 6.07) is 19.9. The predicted octanol–water partition coefficient (Wildman–Crippen LogP) is 3.39. The second-order valence-corrected chi connectivity index (χ2v) is 5.94. The smallest absolute Gasteiger partial charge is 0.191 e. The summed E-state index contributed by atoms with van der Waals surface area (Å²) in [5, 5.41) is 15.5. The van der Waals surface area contributed by atoms with Crippen LogP contribution in [0.1, 0.15) is 36.1 Å². The van der Waals surface area contributed by atoms with Gasteiger partial charge in [0, 0.05) is 26.7 Å². The Bertz CT molecular complexity index is 737. The molecule has 0 fully saturated rings. The van der Waals surface area contributed by atoms with Crippen molar-refractivity contribution in [1.82, 2.24) is 10.6 Å². The van der Waals surface area contributed by atoms with Crippen molar-refractivity contribution < 1.29 is 4.74 Å². The first-order valence-corrected chi connectivity index (χ1v) is 8.83. The number of hydrogen-bond donors (Lipinski definition) is 2. The summed E-state index contributed by atoms with van der Waals surface area (Å²) in [6.07, 6.45) is 0.989. The number of ether oxygens (including phenoxy) is 1. The zero-order chi connectivity index (χ0) is 18.6.